The number of imide groups is 2. The minimum Gasteiger partial charge on any atom is -0.497 e. The number of amides is 4. The standard InChI is InChI=1S/C17H20N2S.C16H25NO2.C13H18O2.C11H16N2O3/c1-13(18(2)3)12-19-14-8-4-6-10-16(14)20-17-11-7-5-9-15(17)19;1-17(2)12-14-7-4-5-10-16(14,18)13-8-6-9-15(11-13)19-3;1-9(2)8-11-4-6-12(7-5-11)10(3)13(14)15;1-4-5-11(6-7(2)3)8(14)12-10(16)13-9(11)15/h4-11,13H,12H2,1-3H3;6,8-9,11,14,18H,4-5,7,10,12H2,1-3H3;4-7,9-10H,8H2,1-3H3,(H,14,15);4,7H,1,5-6H2,2-3H3,(H2,12,13,14,15,16)/t;14-,16+;;/m.1../s1. The summed E-state index contributed by atoms with van der Waals surface area (Å²) in [4.78, 5) is 55.0. The van der Waals surface area contributed by atoms with Crippen LogP contribution in [-0.4, -0.2) is 98.3 Å². The first-order valence-corrected chi connectivity index (χ1v) is 25.4. The first kappa shape index (κ1) is 57.1. The molecule has 1 aliphatic carbocycles. The van der Waals surface area contributed by atoms with Crippen molar-refractivity contribution < 1.29 is 34.1 Å². The lowest BCUT2D eigenvalue weighted by molar-refractivity contribution is -0.145. The van der Waals surface area contributed by atoms with Gasteiger partial charge in [0.2, 0.25) is 11.8 Å². The Morgan fingerprint density at radius 2 is 1.43 bits per heavy atom. The molecule has 1 saturated carbocycles. The minimum atomic E-state index is -1.19. The number of rotatable bonds is 15. The average molecular weight is 978 g/mol. The second-order valence-electron chi connectivity index (χ2n) is 20.1. The molecule has 4 aromatic rings. The zero-order chi connectivity index (χ0) is 51.8. The van der Waals surface area contributed by atoms with E-state index in [1.807, 2.05) is 74.1 Å². The Hall–Kier alpha value is -5.47. The van der Waals surface area contributed by atoms with Gasteiger partial charge in [-0.25, -0.2) is 4.79 Å². The van der Waals surface area contributed by atoms with Gasteiger partial charge in [-0.3, -0.25) is 25.0 Å². The molecule has 4 amide bonds. The maximum absolute atomic E-state index is 11.8. The number of carbonyl (C=O) groups is 4. The van der Waals surface area contributed by atoms with E-state index >= 15 is 0 Å². The van der Waals surface area contributed by atoms with Gasteiger partial charge in [-0.15, -0.1) is 6.58 Å². The average Bonchev–Trinajstić information content (AvgIpc) is 3.31. The van der Waals surface area contributed by atoms with E-state index in [-0.39, 0.29) is 12.3 Å². The van der Waals surface area contributed by atoms with E-state index in [4.69, 9.17) is 9.84 Å². The topological polar surface area (TPSA) is 152 Å². The molecule has 7 rings (SSSR count). The van der Waals surface area contributed by atoms with Crippen molar-refractivity contribution in [1.82, 2.24) is 20.4 Å². The summed E-state index contributed by atoms with van der Waals surface area (Å²) in [5.74, 6) is -0.338. The highest BCUT2D eigenvalue weighted by atomic mass is 32.2. The van der Waals surface area contributed by atoms with Gasteiger partial charge >= 0.3 is 12.0 Å². The Bertz CT molecular complexity index is 2290. The lowest BCUT2D eigenvalue weighted by Crippen LogP contribution is -2.62. The fourth-order valence-corrected chi connectivity index (χ4v) is 10.2. The number of benzene rings is 4. The van der Waals surface area contributed by atoms with Crippen LogP contribution in [0.5, 0.6) is 5.75 Å². The number of aliphatic carboxylic acids is 1. The van der Waals surface area contributed by atoms with Gasteiger partial charge in [0.15, 0.2) is 0 Å². The third-order valence-corrected chi connectivity index (χ3v) is 14.2. The summed E-state index contributed by atoms with van der Waals surface area (Å²) >= 11 is 1.87. The van der Waals surface area contributed by atoms with Crippen LogP contribution in [0.3, 0.4) is 0 Å². The number of hydrogen-bond acceptors (Lipinski definition) is 10. The number of nitrogens with one attached hydrogen (secondary N) is 2. The maximum Gasteiger partial charge on any atom is 0.328 e. The van der Waals surface area contributed by atoms with Crippen LogP contribution in [-0.2, 0) is 26.4 Å². The molecule has 2 unspecified atom stereocenters. The third kappa shape index (κ3) is 15.5. The number of carboxylic acid groups (broad SMARTS) is 1. The van der Waals surface area contributed by atoms with E-state index in [0.717, 1.165) is 55.6 Å². The van der Waals surface area contributed by atoms with Crippen molar-refractivity contribution >= 4 is 47.0 Å². The first-order valence-electron chi connectivity index (χ1n) is 24.6. The number of hydrogen-bond donors (Lipinski definition) is 4. The number of allylic oxidation sites excluding steroid dienone is 1. The molecule has 2 fully saturated rings. The Kier molecular flexibility index (Phi) is 21.7. The molecular formula is C57H79N5O7S. The zero-order valence-corrected chi connectivity index (χ0v) is 44.3. The van der Waals surface area contributed by atoms with Crippen LogP contribution in [0.4, 0.5) is 16.2 Å². The number of barbiturate groups is 1. The Morgan fingerprint density at radius 3 is 1.93 bits per heavy atom. The number of para-hydroxylation sites is 2. The molecular weight excluding hydrogens is 899 g/mol. The van der Waals surface area contributed by atoms with Gasteiger partial charge in [-0.1, -0.05) is 119 Å². The largest absolute Gasteiger partial charge is 0.497 e. The SMILES string of the molecule is C=CCC1(CC(C)C)C(=O)NC(=O)NC1=O.CC(C)Cc1ccc(C(C)C(=O)O)cc1.CC(CN1c2ccccc2Sc2ccccc21)N(C)C.COc1cccc([C@@]2(O)CCCC[C@@H]2CN(C)C)c1. The van der Waals surface area contributed by atoms with Crippen molar-refractivity contribution in [2.45, 2.75) is 114 Å². The summed E-state index contributed by atoms with van der Waals surface area (Å²) < 4.78 is 5.29. The summed E-state index contributed by atoms with van der Waals surface area (Å²) in [7, 11) is 10.1. The number of fused-ring (bicyclic) bond motifs is 2. The minimum absolute atomic E-state index is 0.171. The number of anilines is 2. The molecule has 70 heavy (non-hydrogen) atoms. The molecule has 0 aromatic heterocycles. The number of likely N-dealkylation sites (N-methyl/N-ethyl adjacent to an activating group) is 1. The highest BCUT2D eigenvalue weighted by Gasteiger charge is 2.49. The summed E-state index contributed by atoms with van der Waals surface area (Å²) in [6.07, 6.45) is 7.44. The third-order valence-electron chi connectivity index (χ3n) is 13.1. The monoisotopic (exact) mass is 978 g/mol. The smallest absolute Gasteiger partial charge is 0.328 e. The highest BCUT2D eigenvalue weighted by molar-refractivity contribution is 7.99. The number of carboxylic acids is 1. The molecule has 2 heterocycles. The number of carbonyl (C=O) groups excluding carboxylic acids is 3. The van der Waals surface area contributed by atoms with Crippen LogP contribution < -0.4 is 20.3 Å². The predicted octanol–water partition coefficient (Wildman–Crippen LogP) is 10.9. The Labute approximate surface area is 422 Å². The summed E-state index contributed by atoms with van der Waals surface area (Å²) in [5, 5.41) is 24.3. The number of ether oxygens (including phenoxy) is 1. The fraction of sp³-hybridized carbons (Fsp3) is 0.474. The van der Waals surface area contributed by atoms with Gasteiger partial charge in [0.05, 0.1) is 30.0 Å². The van der Waals surface area contributed by atoms with Crippen LogP contribution in [0.2, 0.25) is 0 Å². The van der Waals surface area contributed by atoms with Crippen molar-refractivity contribution in [1.29, 1.82) is 0 Å². The Balaban J connectivity index is 0.000000205. The lowest BCUT2D eigenvalue weighted by Gasteiger charge is -2.41. The van der Waals surface area contributed by atoms with Crippen LogP contribution in [0.15, 0.2) is 120 Å². The number of nitrogens with zero attached hydrogens (tertiary/aromatic N) is 3. The molecule has 1 saturated heterocycles. The molecule has 380 valence electrons. The molecule has 0 bridgehead atoms. The molecule has 12 nitrogen and oxygen atoms in total. The number of aliphatic hydroxyl groups is 1. The van der Waals surface area contributed by atoms with Gasteiger partial charge in [-0.05, 0) is 139 Å². The molecule has 0 radical (unpaired) electrons. The summed E-state index contributed by atoms with van der Waals surface area (Å²) in [6.45, 7) is 17.6. The quantitative estimate of drug-likeness (QED) is 0.0665. The van der Waals surface area contributed by atoms with Crippen molar-refractivity contribution in [2.24, 2.45) is 23.2 Å². The van der Waals surface area contributed by atoms with E-state index in [1.165, 1.54) is 39.2 Å². The first-order chi connectivity index (χ1) is 33.1. The van der Waals surface area contributed by atoms with Gasteiger partial charge in [0, 0.05) is 34.8 Å². The van der Waals surface area contributed by atoms with E-state index in [1.54, 1.807) is 14.0 Å². The molecule has 4 aromatic carbocycles. The second kappa shape index (κ2) is 26.7. The fourth-order valence-electron chi connectivity index (χ4n) is 9.12. The van der Waals surface area contributed by atoms with Gasteiger partial charge < -0.3 is 29.6 Å². The normalized spacial score (nSPS) is 18.9. The molecule has 4 N–H and O–H groups in total. The van der Waals surface area contributed by atoms with Gasteiger partial charge in [-0.2, -0.15) is 0 Å². The Morgan fingerprint density at radius 1 is 0.843 bits per heavy atom. The van der Waals surface area contributed by atoms with Gasteiger partial charge in [0.1, 0.15) is 11.2 Å². The van der Waals surface area contributed by atoms with E-state index in [2.05, 4.69) is 129 Å². The molecule has 0 spiro atoms. The van der Waals surface area contributed by atoms with E-state index in [0.29, 0.717) is 24.3 Å². The lowest BCUT2D eigenvalue weighted by atomic mass is 9.71. The summed E-state index contributed by atoms with van der Waals surface area (Å²) in [5.41, 5.74) is 3.88. The van der Waals surface area contributed by atoms with Crippen LogP contribution in [0, 0.1) is 23.2 Å². The van der Waals surface area contributed by atoms with E-state index < -0.39 is 40.7 Å². The van der Waals surface area contributed by atoms with Crippen molar-refractivity contribution in [3.8, 4) is 5.75 Å². The molecule has 2 aliphatic heterocycles. The van der Waals surface area contributed by atoms with Crippen LogP contribution in [0.1, 0.15) is 103 Å². The van der Waals surface area contributed by atoms with Crippen LogP contribution in [0.25, 0.3) is 0 Å². The predicted molar refractivity (Wildman–Crippen MR) is 284 cm³/mol. The molecule has 4 atom stereocenters. The second-order valence-corrected chi connectivity index (χ2v) is 21.2. The molecule has 13 heteroatoms. The number of urea groups is 1. The maximum atomic E-state index is 11.8. The summed E-state index contributed by atoms with van der Waals surface area (Å²) in [6, 6.07) is 32.9. The van der Waals surface area contributed by atoms with Crippen molar-refractivity contribution in [3.63, 3.8) is 0 Å². The highest BCUT2D eigenvalue weighted by Crippen LogP contribution is 2.48. The molecule has 3 aliphatic rings. The van der Waals surface area contributed by atoms with Crippen molar-refractivity contribution in [3.05, 3.63) is 126 Å². The van der Waals surface area contributed by atoms with Crippen molar-refractivity contribution in [2.75, 3.05) is 53.3 Å². The number of methoxy groups -OCH3 is 1. The van der Waals surface area contributed by atoms with E-state index in [9.17, 15) is 24.3 Å². The van der Waals surface area contributed by atoms with Crippen LogP contribution >= 0.6 is 11.8 Å². The van der Waals surface area contributed by atoms with Gasteiger partial charge in [0.25, 0.3) is 0 Å². The zero-order valence-electron chi connectivity index (χ0n) is 43.5.